The Kier molecular flexibility index (Phi) is 7.70. The van der Waals surface area contributed by atoms with Crippen molar-refractivity contribution in [3.63, 3.8) is 0 Å². The molecule has 0 aliphatic heterocycles. The van der Waals surface area contributed by atoms with Crippen LogP contribution in [0.1, 0.15) is 42.3 Å². The second kappa shape index (κ2) is 10.0. The third-order valence-corrected chi connectivity index (χ3v) is 4.02. The Labute approximate surface area is 152 Å². The molecule has 1 unspecified atom stereocenters. The zero-order valence-electron chi connectivity index (χ0n) is 14.9. The minimum Gasteiger partial charge on any atom is -0.427 e. The first kappa shape index (κ1) is 20.0. The maximum Gasteiger partial charge on any atom is 0.451 e. The maximum atomic E-state index is 12.1. The molecule has 0 spiro atoms. The molecule has 0 saturated carbocycles. The number of carbonyl (C=O) groups is 1. The Morgan fingerprint density at radius 2 is 2.04 bits per heavy atom. The number of amides is 1. The number of unbranched alkanes of at least 4 members (excludes halogenated alkanes) is 1. The molecule has 5 N–H and O–H groups in total. The van der Waals surface area contributed by atoms with E-state index >= 15 is 0 Å². The highest BCUT2D eigenvalue weighted by molar-refractivity contribution is 6.40. The highest BCUT2D eigenvalue weighted by Gasteiger charge is 2.17. The molecule has 0 fully saturated rings. The molecule has 26 heavy (non-hydrogen) atoms. The summed E-state index contributed by atoms with van der Waals surface area (Å²) in [4.78, 5) is 12.1. The van der Waals surface area contributed by atoms with Crippen LogP contribution in [-0.2, 0) is 17.9 Å². The number of benzene rings is 1. The Morgan fingerprint density at radius 3 is 2.73 bits per heavy atom. The fourth-order valence-electron chi connectivity index (χ4n) is 2.51. The fourth-order valence-corrected chi connectivity index (χ4v) is 2.51. The van der Waals surface area contributed by atoms with E-state index in [0.717, 1.165) is 5.56 Å². The van der Waals surface area contributed by atoms with Crippen molar-refractivity contribution in [2.75, 3.05) is 0 Å². The molecule has 2 aromatic rings. The van der Waals surface area contributed by atoms with Gasteiger partial charge in [0, 0.05) is 6.54 Å². The fraction of sp³-hybridized carbons (Fsp3) is 0.500. The van der Waals surface area contributed by atoms with Gasteiger partial charge in [0.1, 0.15) is 6.54 Å². The second-order valence-corrected chi connectivity index (χ2v) is 6.33. The number of nitrogens with one attached hydrogen (secondary N) is 1. The minimum atomic E-state index is -1.30. The Morgan fingerprint density at radius 1 is 1.31 bits per heavy atom. The van der Waals surface area contributed by atoms with Crippen LogP contribution in [0.15, 0.2) is 24.3 Å². The number of rotatable bonds is 10. The molecule has 1 amide bonds. The highest BCUT2D eigenvalue weighted by Crippen LogP contribution is 2.15. The predicted octanol–water partition coefficient (Wildman–Crippen LogP) is -0.0592. The number of aryl methyl sites for hydroxylation is 1. The molecule has 10 heteroatoms. The van der Waals surface area contributed by atoms with Gasteiger partial charge in [-0.05, 0) is 35.7 Å². The summed E-state index contributed by atoms with van der Waals surface area (Å²) in [6.45, 7) is 2.44. The van der Waals surface area contributed by atoms with Gasteiger partial charge in [0.2, 0.25) is 5.91 Å². The first-order chi connectivity index (χ1) is 12.5. The lowest BCUT2D eigenvalue weighted by Gasteiger charge is -2.12. The average Bonchev–Trinajstić information content (AvgIpc) is 3.06. The molecule has 140 valence electrons. The molecule has 9 nitrogen and oxygen atoms in total. The third kappa shape index (κ3) is 6.55. The monoisotopic (exact) mass is 360 g/mol. The zero-order chi connectivity index (χ0) is 18.9. The van der Waals surface area contributed by atoms with Crippen molar-refractivity contribution in [1.29, 1.82) is 0 Å². The normalized spacial score (nSPS) is 12.0. The molecule has 1 aromatic heterocycles. The number of hydrogen-bond acceptors (Lipinski definition) is 7. The maximum absolute atomic E-state index is 12.1. The van der Waals surface area contributed by atoms with Gasteiger partial charge >= 0.3 is 7.12 Å². The van der Waals surface area contributed by atoms with Crippen LogP contribution < -0.4 is 11.1 Å². The molecule has 0 radical (unpaired) electrons. The lowest BCUT2D eigenvalue weighted by molar-refractivity contribution is -0.122. The van der Waals surface area contributed by atoms with E-state index in [2.05, 4.69) is 20.8 Å². The number of nitrogens with two attached hydrogens (primary N) is 1. The van der Waals surface area contributed by atoms with E-state index in [9.17, 15) is 4.79 Å². The summed E-state index contributed by atoms with van der Waals surface area (Å²) >= 11 is 0. The van der Waals surface area contributed by atoms with Gasteiger partial charge < -0.3 is 21.1 Å². The lowest BCUT2D eigenvalue weighted by Crippen LogP contribution is -2.29. The minimum absolute atomic E-state index is 0.00273. The molecule has 2 rings (SSSR count). The standard InChI is InChI=1S/C16H25BN6O3/c1-12-5-7-13(8-6-12)10-19-15(24)11-23-16(20-21-22-23)14(18)4-2-3-9-17(25)26/h5-8,14,25-26H,2-4,9-11,18H2,1H3,(H,19,24). The van der Waals surface area contributed by atoms with Crippen molar-refractivity contribution in [3.8, 4) is 0 Å². The first-order valence-electron chi connectivity index (χ1n) is 8.65. The van der Waals surface area contributed by atoms with Crippen molar-refractivity contribution < 1.29 is 14.8 Å². The number of tetrazole rings is 1. The number of hydrogen-bond donors (Lipinski definition) is 4. The topological polar surface area (TPSA) is 139 Å². The number of aromatic nitrogens is 4. The van der Waals surface area contributed by atoms with Gasteiger partial charge in [0.05, 0.1) is 6.04 Å². The van der Waals surface area contributed by atoms with Crippen molar-refractivity contribution in [2.24, 2.45) is 5.73 Å². The quantitative estimate of drug-likeness (QED) is 0.344. The van der Waals surface area contributed by atoms with Gasteiger partial charge in [-0.25, -0.2) is 4.68 Å². The van der Waals surface area contributed by atoms with Crippen LogP contribution in [0.5, 0.6) is 0 Å². The van der Waals surface area contributed by atoms with E-state index < -0.39 is 13.2 Å². The molecule has 0 aliphatic carbocycles. The second-order valence-electron chi connectivity index (χ2n) is 6.33. The summed E-state index contributed by atoms with van der Waals surface area (Å²) in [5.74, 6) is 0.245. The van der Waals surface area contributed by atoms with Crippen molar-refractivity contribution in [2.45, 2.75) is 51.6 Å². The van der Waals surface area contributed by atoms with E-state index in [1.165, 1.54) is 10.2 Å². The van der Waals surface area contributed by atoms with Gasteiger partial charge in [-0.15, -0.1) is 5.10 Å². The Hall–Kier alpha value is -2.30. The van der Waals surface area contributed by atoms with Crippen LogP contribution in [0.2, 0.25) is 6.32 Å². The first-order valence-corrected chi connectivity index (χ1v) is 8.65. The van der Waals surface area contributed by atoms with Crippen LogP contribution in [0, 0.1) is 6.92 Å². The van der Waals surface area contributed by atoms with Gasteiger partial charge in [-0.3, -0.25) is 4.79 Å². The molecule has 0 aliphatic rings. The van der Waals surface area contributed by atoms with Crippen LogP contribution in [0.25, 0.3) is 0 Å². The van der Waals surface area contributed by atoms with Crippen LogP contribution >= 0.6 is 0 Å². The van der Waals surface area contributed by atoms with E-state index in [4.69, 9.17) is 15.8 Å². The van der Waals surface area contributed by atoms with Gasteiger partial charge in [0.25, 0.3) is 0 Å². The summed E-state index contributed by atoms with van der Waals surface area (Å²) in [5.41, 5.74) is 8.28. The lowest BCUT2D eigenvalue weighted by atomic mass is 9.83. The third-order valence-electron chi connectivity index (χ3n) is 4.02. The zero-order valence-corrected chi connectivity index (χ0v) is 14.9. The molecule has 1 heterocycles. The molecule has 0 saturated heterocycles. The van der Waals surface area contributed by atoms with Crippen LogP contribution in [-0.4, -0.2) is 43.3 Å². The van der Waals surface area contributed by atoms with Crippen molar-refractivity contribution in [1.82, 2.24) is 25.5 Å². The van der Waals surface area contributed by atoms with Crippen molar-refractivity contribution >= 4 is 13.0 Å². The highest BCUT2D eigenvalue weighted by atomic mass is 16.4. The largest absolute Gasteiger partial charge is 0.451 e. The van der Waals surface area contributed by atoms with Crippen molar-refractivity contribution in [3.05, 3.63) is 41.2 Å². The summed E-state index contributed by atoms with van der Waals surface area (Å²) in [7, 11) is -1.30. The predicted molar refractivity (Wildman–Crippen MR) is 96.6 cm³/mol. The molecular weight excluding hydrogens is 335 g/mol. The Balaban J connectivity index is 1.81. The molecule has 1 atom stereocenters. The number of carbonyl (C=O) groups excluding carboxylic acids is 1. The summed E-state index contributed by atoms with van der Waals surface area (Å²) in [6, 6.07) is 7.52. The molecule has 0 bridgehead atoms. The van der Waals surface area contributed by atoms with E-state index in [1.807, 2.05) is 31.2 Å². The van der Waals surface area contributed by atoms with Crippen LogP contribution in [0.3, 0.4) is 0 Å². The van der Waals surface area contributed by atoms with E-state index in [-0.39, 0.29) is 12.5 Å². The number of nitrogens with zero attached hydrogens (tertiary/aromatic N) is 4. The van der Waals surface area contributed by atoms with Gasteiger partial charge in [0.15, 0.2) is 5.82 Å². The van der Waals surface area contributed by atoms with E-state index in [0.29, 0.717) is 38.0 Å². The summed E-state index contributed by atoms with van der Waals surface area (Å²) in [6.07, 6.45) is 2.26. The SMILES string of the molecule is Cc1ccc(CNC(=O)Cn2nnnc2C(N)CCCCB(O)O)cc1. The average molecular weight is 360 g/mol. The van der Waals surface area contributed by atoms with Gasteiger partial charge in [-0.1, -0.05) is 42.7 Å². The molecular formula is C16H25BN6O3. The summed E-state index contributed by atoms with van der Waals surface area (Å²) < 4.78 is 1.40. The van der Waals surface area contributed by atoms with Gasteiger partial charge in [-0.2, -0.15) is 0 Å². The summed E-state index contributed by atoms with van der Waals surface area (Å²) in [5, 5.41) is 31.9. The van der Waals surface area contributed by atoms with E-state index in [1.54, 1.807) is 0 Å². The molecule has 1 aromatic carbocycles. The van der Waals surface area contributed by atoms with Crippen LogP contribution in [0.4, 0.5) is 0 Å². The Bertz CT molecular complexity index is 692. The smallest absolute Gasteiger partial charge is 0.427 e.